The van der Waals surface area contributed by atoms with Crippen LogP contribution >= 0.6 is 27.7 Å². The largest absolute Gasteiger partial charge is 0.479 e. The van der Waals surface area contributed by atoms with E-state index < -0.39 is 11.5 Å². The zero-order valence-electron chi connectivity index (χ0n) is 11.1. The number of amides is 1. The summed E-state index contributed by atoms with van der Waals surface area (Å²) in [4.78, 5) is 23.5. The van der Waals surface area contributed by atoms with Gasteiger partial charge < -0.3 is 10.4 Å². The van der Waals surface area contributed by atoms with Crippen LogP contribution in [0.5, 0.6) is 0 Å². The van der Waals surface area contributed by atoms with Crippen molar-refractivity contribution in [3.63, 3.8) is 0 Å². The lowest BCUT2D eigenvalue weighted by molar-refractivity contribution is -0.146. The Labute approximate surface area is 130 Å². The topological polar surface area (TPSA) is 66.4 Å². The van der Waals surface area contributed by atoms with E-state index in [0.29, 0.717) is 12.2 Å². The van der Waals surface area contributed by atoms with E-state index in [9.17, 15) is 14.7 Å². The van der Waals surface area contributed by atoms with E-state index in [0.717, 1.165) is 21.4 Å². The highest BCUT2D eigenvalue weighted by atomic mass is 79.9. The molecule has 1 fully saturated rings. The SMILES string of the molecule is Cc1cc(Br)ccc1CC(=O)NC1(C(=O)O)CCSC1. The molecule has 1 atom stereocenters. The second-order valence-corrected chi connectivity index (χ2v) is 7.01. The average molecular weight is 358 g/mol. The zero-order chi connectivity index (χ0) is 14.8. The van der Waals surface area contributed by atoms with Gasteiger partial charge in [0.1, 0.15) is 5.54 Å². The fourth-order valence-corrected chi connectivity index (χ4v) is 4.03. The molecule has 2 rings (SSSR count). The molecule has 0 aliphatic carbocycles. The third-order valence-corrected chi connectivity index (χ3v) is 5.15. The lowest BCUT2D eigenvalue weighted by Crippen LogP contribution is -2.55. The van der Waals surface area contributed by atoms with Crippen molar-refractivity contribution in [2.45, 2.75) is 25.3 Å². The number of thioether (sulfide) groups is 1. The van der Waals surface area contributed by atoms with E-state index in [-0.39, 0.29) is 12.3 Å². The van der Waals surface area contributed by atoms with Crippen LogP contribution in [0.3, 0.4) is 0 Å². The molecule has 1 aliphatic heterocycles. The van der Waals surface area contributed by atoms with Gasteiger partial charge >= 0.3 is 5.97 Å². The minimum Gasteiger partial charge on any atom is -0.479 e. The van der Waals surface area contributed by atoms with Crippen LogP contribution in [0.2, 0.25) is 0 Å². The molecular weight excluding hydrogens is 342 g/mol. The van der Waals surface area contributed by atoms with Gasteiger partial charge in [-0.1, -0.05) is 22.0 Å². The van der Waals surface area contributed by atoms with Crippen molar-refractivity contribution in [3.8, 4) is 0 Å². The molecule has 4 nitrogen and oxygen atoms in total. The first-order valence-corrected chi connectivity index (χ1v) is 8.25. The molecule has 1 aromatic carbocycles. The fraction of sp³-hybridized carbons (Fsp3) is 0.429. The van der Waals surface area contributed by atoms with E-state index in [1.54, 1.807) is 11.8 Å². The first-order valence-electron chi connectivity index (χ1n) is 6.30. The number of carboxylic acids is 1. The van der Waals surface area contributed by atoms with E-state index in [1.165, 1.54) is 0 Å². The predicted octanol–water partition coefficient (Wildman–Crippen LogP) is 2.38. The van der Waals surface area contributed by atoms with Gasteiger partial charge in [0.05, 0.1) is 6.42 Å². The van der Waals surface area contributed by atoms with Crippen molar-refractivity contribution in [1.82, 2.24) is 5.32 Å². The van der Waals surface area contributed by atoms with E-state index in [1.807, 2.05) is 25.1 Å². The summed E-state index contributed by atoms with van der Waals surface area (Å²) in [5.74, 6) is 0.0285. The second-order valence-electron chi connectivity index (χ2n) is 4.99. The highest BCUT2D eigenvalue weighted by Crippen LogP contribution is 2.28. The summed E-state index contributed by atoms with van der Waals surface area (Å²) in [6.07, 6.45) is 0.691. The van der Waals surface area contributed by atoms with Gasteiger partial charge in [-0.25, -0.2) is 4.79 Å². The molecule has 0 saturated carbocycles. The van der Waals surface area contributed by atoms with Crippen LogP contribution < -0.4 is 5.32 Å². The molecule has 108 valence electrons. The maximum Gasteiger partial charge on any atom is 0.330 e. The number of hydrogen-bond acceptors (Lipinski definition) is 3. The van der Waals surface area contributed by atoms with Gasteiger partial charge in [0.15, 0.2) is 0 Å². The Bertz CT molecular complexity index is 541. The Morgan fingerprint density at radius 2 is 2.25 bits per heavy atom. The average Bonchev–Trinajstić information content (AvgIpc) is 2.82. The Morgan fingerprint density at radius 1 is 1.50 bits per heavy atom. The van der Waals surface area contributed by atoms with E-state index in [4.69, 9.17) is 0 Å². The van der Waals surface area contributed by atoms with Crippen molar-refractivity contribution >= 4 is 39.6 Å². The van der Waals surface area contributed by atoms with Crippen molar-refractivity contribution in [1.29, 1.82) is 0 Å². The van der Waals surface area contributed by atoms with Crippen molar-refractivity contribution in [2.24, 2.45) is 0 Å². The van der Waals surface area contributed by atoms with Gasteiger partial charge in [-0.15, -0.1) is 0 Å². The summed E-state index contributed by atoms with van der Waals surface area (Å²) < 4.78 is 0.966. The first kappa shape index (κ1) is 15.4. The predicted molar refractivity (Wildman–Crippen MR) is 83.0 cm³/mol. The Balaban J connectivity index is 2.07. The molecule has 1 aliphatic rings. The van der Waals surface area contributed by atoms with Crippen molar-refractivity contribution in [2.75, 3.05) is 11.5 Å². The van der Waals surface area contributed by atoms with Crippen LogP contribution in [0, 0.1) is 6.92 Å². The highest BCUT2D eigenvalue weighted by Gasteiger charge is 2.43. The summed E-state index contributed by atoms with van der Waals surface area (Å²) >= 11 is 4.94. The lowest BCUT2D eigenvalue weighted by Gasteiger charge is -2.24. The third kappa shape index (κ3) is 3.35. The van der Waals surface area contributed by atoms with Crippen LogP contribution in [0.4, 0.5) is 0 Å². The maximum absolute atomic E-state index is 12.1. The molecule has 0 radical (unpaired) electrons. The summed E-state index contributed by atoms with van der Waals surface area (Å²) in [5.41, 5.74) is 0.835. The van der Waals surface area contributed by atoms with Gasteiger partial charge in [-0.2, -0.15) is 11.8 Å². The summed E-state index contributed by atoms with van der Waals surface area (Å²) in [6.45, 7) is 1.94. The van der Waals surface area contributed by atoms with E-state index in [2.05, 4.69) is 21.2 Å². The van der Waals surface area contributed by atoms with Crippen LogP contribution in [-0.4, -0.2) is 34.0 Å². The fourth-order valence-electron chi connectivity index (χ4n) is 2.23. The standard InChI is InChI=1S/C14H16BrNO3S/c1-9-6-11(15)3-2-10(9)7-12(17)16-14(13(18)19)4-5-20-8-14/h2-3,6H,4-5,7-8H2,1H3,(H,16,17)(H,18,19). The number of aryl methyl sites for hydroxylation is 1. The molecule has 0 aromatic heterocycles. The molecule has 0 spiro atoms. The number of aliphatic carboxylic acids is 1. The van der Waals surface area contributed by atoms with Crippen molar-refractivity contribution in [3.05, 3.63) is 33.8 Å². The summed E-state index contributed by atoms with van der Waals surface area (Å²) in [7, 11) is 0. The number of benzene rings is 1. The molecule has 1 aromatic rings. The van der Waals surface area contributed by atoms with Gasteiger partial charge in [-0.3, -0.25) is 4.79 Å². The van der Waals surface area contributed by atoms with Crippen LogP contribution in [0.15, 0.2) is 22.7 Å². The highest BCUT2D eigenvalue weighted by molar-refractivity contribution is 9.10. The summed E-state index contributed by atoms with van der Waals surface area (Å²) in [5, 5.41) is 12.0. The molecule has 1 heterocycles. The molecule has 20 heavy (non-hydrogen) atoms. The Morgan fingerprint density at radius 3 is 2.80 bits per heavy atom. The molecule has 1 saturated heterocycles. The smallest absolute Gasteiger partial charge is 0.330 e. The Hall–Kier alpha value is -1.01. The normalized spacial score (nSPS) is 21.7. The van der Waals surface area contributed by atoms with Crippen LogP contribution in [-0.2, 0) is 16.0 Å². The number of halogens is 1. The molecule has 2 N–H and O–H groups in total. The first-order chi connectivity index (χ1) is 9.43. The minimum atomic E-state index is -1.09. The molecule has 1 amide bonds. The zero-order valence-corrected chi connectivity index (χ0v) is 13.5. The quantitative estimate of drug-likeness (QED) is 0.867. The van der Waals surface area contributed by atoms with Crippen LogP contribution in [0.1, 0.15) is 17.5 Å². The number of carbonyl (C=O) groups excluding carboxylic acids is 1. The second kappa shape index (κ2) is 6.18. The number of carboxylic acid groups (broad SMARTS) is 1. The molecular formula is C14H16BrNO3S. The lowest BCUT2D eigenvalue weighted by atomic mass is 9.98. The summed E-state index contributed by atoms with van der Waals surface area (Å²) in [6, 6.07) is 5.71. The van der Waals surface area contributed by atoms with Gasteiger partial charge in [-0.05, 0) is 42.4 Å². The molecule has 6 heteroatoms. The van der Waals surface area contributed by atoms with Gasteiger partial charge in [0.25, 0.3) is 0 Å². The Kier molecular flexibility index (Phi) is 4.75. The molecule has 0 bridgehead atoms. The number of nitrogens with one attached hydrogen (secondary N) is 1. The maximum atomic E-state index is 12.1. The van der Waals surface area contributed by atoms with Crippen molar-refractivity contribution < 1.29 is 14.7 Å². The van der Waals surface area contributed by atoms with Crippen LogP contribution in [0.25, 0.3) is 0 Å². The van der Waals surface area contributed by atoms with E-state index >= 15 is 0 Å². The monoisotopic (exact) mass is 357 g/mol. The number of hydrogen-bond donors (Lipinski definition) is 2. The van der Waals surface area contributed by atoms with Gasteiger partial charge in [0.2, 0.25) is 5.91 Å². The number of rotatable bonds is 4. The third-order valence-electron chi connectivity index (χ3n) is 3.47. The minimum absolute atomic E-state index is 0.207. The van der Waals surface area contributed by atoms with Gasteiger partial charge in [0, 0.05) is 10.2 Å². The molecule has 1 unspecified atom stereocenters. The number of carbonyl (C=O) groups is 2.